The Morgan fingerprint density at radius 3 is 2.95 bits per heavy atom. The lowest BCUT2D eigenvalue weighted by molar-refractivity contribution is -0.133. The fourth-order valence-corrected chi connectivity index (χ4v) is 2.67. The molecule has 2 rings (SSSR count). The number of nitrogens with zero attached hydrogens (tertiary/aromatic N) is 2. The zero-order valence-electron chi connectivity index (χ0n) is 11.2. The van der Waals surface area contributed by atoms with Crippen molar-refractivity contribution in [3.8, 4) is 6.07 Å². The molecule has 1 unspecified atom stereocenters. The van der Waals surface area contributed by atoms with Crippen molar-refractivity contribution < 1.29 is 9.59 Å². The average molecular weight is 335 g/mol. The predicted octanol–water partition coefficient (Wildman–Crippen LogP) is 2.98. The largest absolute Gasteiger partial charge is 0.312 e. The molecular formula is C15H15BrN2O2. The number of hydrogen-bond acceptors (Lipinski definition) is 3. The molecule has 0 spiro atoms. The average Bonchev–Trinajstić information content (AvgIpc) is 2.42. The van der Waals surface area contributed by atoms with Crippen molar-refractivity contribution >= 4 is 33.3 Å². The molecule has 1 aliphatic heterocycles. The molecule has 1 atom stereocenters. The number of carbonyl (C=O) groups is 2. The van der Waals surface area contributed by atoms with Gasteiger partial charge in [-0.2, -0.15) is 5.26 Å². The van der Waals surface area contributed by atoms with Gasteiger partial charge in [0.25, 0.3) is 0 Å². The Balaban J connectivity index is 2.24. The van der Waals surface area contributed by atoms with Crippen molar-refractivity contribution in [2.24, 2.45) is 5.92 Å². The third-order valence-corrected chi connectivity index (χ3v) is 4.42. The van der Waals surface area contributed by atoms with Crippen LogP contribution in [0.1, 0.15) is 24.8 Å². The zero-order chi connectivity index (χ0) is 14.7. The maximum atomic E-state index is 12.4. The Morgan fingerprint density at radius 2 is 2.30 bits per heavy atom. The van der Waals surface area contributed by atoms with Gasteiger partial charge >= 0.3 is 0 Å². The molecule has 1 aromatic carbocycles. The number of halogens is 1. The van der Waals surface area contributed by atoms with Crippen LogP contribution in [-0.4, -0.2) is 18.2 Å². The predicted molar refractivity (Wildman–Crippen MR) is 79.2 cm³/mol. The number of rotatable bonds is 3. The van der Waals surface area contributed by atoms with Gasteiger partial charge in [0.2, 0.25) is 5.91 Å². The molecule has 0 radical (unpaired) electrons. The number of ketones is 1. The normalized spacial score (nSPS) is 18.8. The molecule has 1 saturated heterocycles. The van der Waals surface area contributed by atoms with E-state index in [4.69, 9.17) is 5.26 Å². The van der Waals surface area contributed by atoms with E-state index in [1.54, 1.807) is 4.90 Å². The molecule has 1 amide bonds. The van der Waals surface area contributed by atoms with Crippen molar-refractivity contribution in [1.29, 1.82) is 5.26 Å². The number of aryl methyl sites for hydroxylation is 1. The highest BCUT2D eigenvalue weighted by Crippen LogP contribution is 2.28. The summed E-state index contributed by atoms with van der Waals surface area (Å²) in [5, 5.41) is 8.60. The Bertz CT molecular complexity index is 592. The summed E-state index contributed by atoms with van der Waals surface area (Å²) in [6.45, 7) is 2.58. The molecule has 0 aromatic heterocycles. The second kappa shape index (κ2) is 6.19. The van der Waals surface area contributed by atoms with Crippen molar-refractivity contribution in [2.75, 3.05) is 11.4 Å². The van der Waals surface area contributed by atoms with Crippen LogP contribution < -0.4 is 4.90 Å². The first-order valence-electron chi connectivity index (χ1n) is 6.52. The Morgan fingerprint density at radius 1 is 1.55 bits per heavy atom. The monoisotopic (exact) mass is 334 g/mol. The number of hydrogen-bond donors (Lipinski definition) is 0. The highest BCUT2D eigenvalue weighted by molar-refractivity contribution is 9.10. The van der Waals surface area contributed by atoms with Crippen LogP contribution in [0, 0.1) is 24.2 Å². The lowest BCUT2D eigenvalue weighted by Gasteiger charge is -2.31. The standard InChI is InChI=1S/C15H15BrN2O2/c1-10-9-11(4-5-13(10)16)18-8-2-3-12(15(18)20)14(19)6-7-17/h4-5,9,12H,2-3,6,8H2,1H3. The topological polar surface area (TPSA) is 61.2 Å². The molecule has 1 aromatic rings. The van der Waals surface area contributed by atoms with Crippen LogP contribution in [0.25, 0.3) is 0 Å². The first-order chi connectivity index (χ1) is 9.54. The van der Waals surface area contributed by atoms with E-state index in [1.165, 1.54) is 0 Å². The van der Waals surface area contributed by atoms with Gasteiger partial charge in [0, 0.05) is 16.7 Å². The Labute approximate surface area is 126 Å². The van der Waals surface area contributed by atoms with Gasteiger partial charge in [-0.05, 0) is 43.5 Å². The summed E-state index contributed by atoms with van der Waals surface area (Å²) in [4.78, 5) is 25.9. The summed E-state index contributed by atoms with van der Waals surface area (Å²) in [5.41, 5.74) is 1.85. The van der Waals surface area contributed by atoms with E-state index in [2.05, 4.69) is 15.9 Å². The highest BCUT2D eigenvalue weighted by Gasteiger charge is 2.34. The summed E-state index contributed by atoms with van der Waals surface area (Å²) in [7, 11) is 0. The van der Waals surface area contributed by atoms with Crippen molar-refractivity contribution in [1.82, 2.24) is 0 Å². The van der Waals surface area contributed by atoms with E-state index in [0.29, 0.717) is 13.0 Å². The maximum absolute atomic E-state index is 12.4. The first-order valence-corrected chi connectivity index (χ1v) is 7.31. The van der Waals surface area contributed by atoms with Crippen LogP contribution in [-0.2, 0) is 9.59 Å². The van der Waals surface area contributed by atoms with Crippen molar-refractivity contribution in [2.45, 2.75) is 26.2 Å². The van der Waals surface area contributed by atoms with Gasteiger partial charge in [-0.15, -0.1) is 0 Å². The van der Waals surface area contributed by atoms with Gasteiger partial charge in [0.1, 0.15) is 0 Å². The Hall–Kier alpha value is -1.67. The number of amides is 1. The van der Waals surface area contributed by atoms with Crippen LogP contribution >= 0.6 is 15.9 Å². The third kappa shape index (κ3) is 2.91. The van der Waals surface area contributed by atoms with Gasteiger partial charge in [0.05, 0.1) is 18.4 Å². The first kappa shape index (κ1) is 14.7. The Kier molecular flexibility index (Phi) is 4.56. The van der Waals surface area contributed by atoms with E-state index in [1.807, 2.05) is 31.2 Å². The summed E-state index contributed by atoms with van der Waals surface area (Å²) < 4.78 is 0.989. The van der Waals surface area contributed by atoms with Gasteiger partial charge < -0.3 is 4.90 Å². The molecular weight excluding hydrogens is 320 g/mol. The molecule has 0 N–H and O–H groups in total. The number of anilines is 1. The number of nitriles is 1. The molecule has 4 nitrogen and oxygen atoms in total. The van der Waals surface area contributed by atoms with E-state index in [-0.39, 0.29) is 18.1 Å². The summed E-state index contributed by atoms with van der Waals surface area (Å²) >= 11 is 3.43. The number of carbonyl (C=O) groups excluding carboxylic acids is 2. The molecule has 0 aliphatic carbocycles. The maximum Gasteiger partial charge on any atom is 0.237 e. The van der Waals surface area contributed by atoms with Crippen LogP contribution in [0.5, 0.6) is 0 Å². The number of benzene rings is 1. The van der Waals surface area contributed by atoms with E-state index >= 15 is 0 Å². The molecule has 1 fully saturated rings. The van der Waals surface area contributed by atoms with Crippen LogP contribution in [0.15, 0.2) is 22.7 Å². The van der Waals surface area contributed by atoms with Crippen LogP contribution in [0.2, 0.25) is 0 Å². The minimum absolute atomic E-state index is 0.182. The third-order valence-electron chi connectivity index (χ3n) is 3.53. The molecule has 20 heavy (non-hydrogen) atoms. The number of piperidine rings is 1. The lowest BCUT2D eigenvalue weighted by atomic mass is 9.91. The van der Waals surface area contributed by atoms with Gasteiger partial charge in [-0.3, -0.25) is 9.59 Å². The smallest absolute Gasteiger partial charge is 0.237 e. The van der Waals surface area contributed by atoms with Gasteiger partial charge in [-0.25, -0.2) is 0 Å². The second-order valence-electron chi connectivity index (χ2n) is 4.92. The SMILES string of the molecule is Cc1cc(N2CCCC(C(=O)CC#N)C2=O)ccc1Br. The van der Waals surface area contributed by atoms with Crippen molar-refractivity contribution in [3.63, 3.8) is 0 Å². The minimum atomic E-state index is -0.660. The molecule has 104 valence electrons. The summed E-state index contributed by atoms with van der Waals surface area (Å²) in [6, 6.07) is 7.53. The summed E-state index contributed by atoms with van der Waals surface area (Å²) in [5.74, 6) is -1.11. The molecule has 0 saturated carbocycles. The quantitative estimate of drug-likeness (QED) is 0.798. The fourth-order valence-electron chi connectivity index (χ4n) is 2.43. The number of Topliss-reactive ketones (excluding diaryl/α,β-unsaturated/α-hetero) is 1. The summed E-state index contributed by atoms with van der Waals surface area (Å²) in [6.07, 6.45) is 1.14. The second-order valence-corrected chi connectivity index (χ2v) is 5.77. The molecule has 1 aliphatic rings. The fraction of sp³-hybridized carbons (Fsp3) is 0.400. The van der Waals surface area contributed by atoms with E-state index in [9.17, 15) is 9.59 Å². The van der Waals surface area contributed by atoms with Crippen molar-refractivity contribution in [3.05, 3.63) is 28.2 Å². The van der Waals surface area contributed by atoms with E-state index in [0.717, 1.165) is 22.1 Å². The highest BCUT2D eigenvalue weighted by atomic mass is 79.9. The molecule has 0 bridgehead atoms. The molecule has 1 heterocycles. The van der Waals surface area contributed by atoms with Gasteiger partial charge in [0.15, 0.2) is 5.78 Å². The van der Waals surface area contributed by atoms with Crippen LogP contribution in [0.4, 0.5) is 5.69 Å². The van der Waals surface area contributed by atoms with Gasteiger partial charge in [-0.1, -0.05) is 15.9 Å². The lowest BCUT2D eigenvalue weighted by Crippen LogP contribution is -2.44. The minimum Gasteiger partial charge on any atom is -0.312 e. The molecule has 5 heteroatoms. The zero-order valence-corrected chi connectivity index (χ0v) is 12.8. The van der Waals surface area contributed by atoms with Crippen LogP contribution in [0.3, 0.4) is 0 Å². The van der Waals surface area contributed by atoms with E-state index < -0.39 is 5.92 Å².